The van der Waals surface area contributed by atoms with Crippen molar-refractivity contribution in [3.05, 3.63) is 40.4 Å². The molecule has 0 bridgehead atoms. The summed E-state index contributed by atoms with van der Waals surface area (Å²) in [5.74, 6) is 0.105. The molecule has 0 radical (unpaired) electrons. The fourth-order valence-electron chi connectivity index (χ4n) is 3.93. The molecule has 0 atom stereocenters. The highest BCUT2D eigenvalue weighted by molar-refractivity contribution is 9.10. The number of rotatable bonds is 8. The molecule has 2 aromatic carbocycles. The lowest BCUT2D eigenvalue weighted by Crippen LogP contribution is -2.31. The van der Waals surface area contributed by atoms with E-state index in [9.17, 15) is 18.0 Å². The molecule has 1 saturated carbocycles. The van der Waals surface area contributed by atoms with E-state index in [1.54, 1.807) is 23.1 Å². The van der Waals surface area contributed by atoms with Crippen molar-refractivity contribution in [3.63, 3.8) is 0 Å². The van der Waals surface area contributed by atoms with Crippen LogP contribution in [0.2, 0.25) is 0 Å². The molecule has 0 aromatic heterocycles. The molecule has 1 aliphatic heterocycles. The van der Waals surface area contributed by atoms with Gasteiger partial charge in [-0.25, -0.2) is 8.42 Å². The molecular formula is C23H25BrN2O6S. The number of halogens is 1. The van der Waals surface area contributed by atoms with Gasteiger partial charge in [0.1, 0.15) is 11.5 Å². The first-order valence-electron chi connectivity index (χ1n) is 10.6. The van der Waals surface area contributed by atoms with E-state index in [4.69, 9.17) is 9.47 Å². The van der Waals surface area contributed by atoms with E-state index in [2.05, 4.69) is 21.2 Å². The third-order valence-electron chi connectivity index (χ3n) is 5.80. The molecule has 0 spiro atoms. The van der Waals surface area contributed by atoms with Crippen molar-refractivity contribution in [2.45, 2.75) is 30.6 Å². The van der Waals surface area contributed by atoms with E-state index in [0.717, 1.165) is 18.4 Å². The van der Waals surface area contributed by atoms with Crippen molar-refractivity contribution in [2.75, 3.05) is 36.7 Å². The van der Waals surface area contributed by atoms with Gasteiger partial charge in [-0.1, -0.05) is 15.9 Å². The maximum atomic E-state index is 13.3. The number of fused-ring (bicyclic) bond motifs is 1. The number of benzene rings is 2. The van der Waals surface area contributed by atoms with Crippen LogP contribution >= 0.6 is 15.9 Å². The number of carbonyl (C=O) groups excluding carboxylic acids is 2. The summed E-state index contributed by atoms with van der Waals surface area (Å²) in [4.78, 5) is 27.0. The van der Waals surface area contributed by atoms with Gasteiger partial charge in [0.25, 0.3) is 0 Å². The Hall–Kier alpha value is -2.59. The molecule has 0 saturated heterocycles. The van der Waals surface area contributed by atoms with Crippen LogP contribution in [0.1, 0.15) is 24.8 Å². The number of amides is 2. The number of anilines is 2. The molecule has 10 heteroatoms. The molecule has 8 nitrogen and oxygen atoms in total. The number of sulfone groups is 1. The number of nitrogens with one attached hydrogen (secondary N) is 1. The van der Waals surface area contributed by atoms with Gasteiger partial charge in [-0.3, -0.25) is 9.59 Å². The van der Waals surface area contributed by atoms with Gasteiger partial charge in [-0.15, -0.1) is 0 Å². The van der Waals surface area contributed by atoms with Crippen LogP contribution in [-0.2, 0) is 25.8 Å². The number of hydrogen-bond donors (Lipinski definition) is 1. The minimum absolute atomic E-state index is 0.0135. The molecular weight excluding hydrogens is 512 g/mol. The van der Waals surface area contributed by atoms with Crippen LogP contribution < -0.4 is 19.7 Å². The van der Waals surface area contributed by atoms with Crippen LogP contribution in [0.5, 0.6) is 11.5 Å². The topological polar surface area (TPSA) is 102 Å². The minimum atomic E-state index is -3.83. The zero-order chi connectivity index (χ0) is 23.8. The molecule has 33 heavy (non-hydrogen) atoms. The Morgan fingerprint density at radius 3 is 2.58 bits per heavy atom. The van der Waals surface area contributed by atoms with Gasteiger partial charge >= 0.3 is 0 Å². The van der Waals surface area contributed by atoms with Crippen LogP contribution in [0.3, 0.4) is 0 Å². The average Bonchev–Trinajstić information content (AvgIpc) is 3.56. The normalized spacial score (nSPS) is 15.2. The Morgan fingerprint density at radius 1 is 1.15 bits per heavy atom. The highest BCUT2D eigenvalue weighted by Gasteiger charge is 2.39. The first kappa shape index (κ1) is 23.6. The Bertz CT molecular complexity index is 1210. The van der Waals surface area contributed by atoms with E-state index >= 15 is 0 Å². The zero-order valence-corrected chi connectivity index (χ0v) is 20.8. The van der Waals surface area contributed by atoms with Crippen molar-refractivity contribution in [2.24, 2.45) is 5.92 Å². The standard InChI is InChI=1S/C23H25BrN2O6S/c1-31-17-5-6-18(19(13-17)32-2)25-21(27)8-10-33(29,30)20-12-16(24)11-15-7-9-26(22(15)20)23(28)14-3-4-14/h5-6,11-14H,3-4,7-10H2,1-2H3,(H,25,27). The van der Waals surface area contributed by atoms with Gasteiger partial charge in [0, 0.05) is 29.4 Å². The van der Waals surface area contributed by atoms with Crippen LogP contribution in [0.4, 0.5) is 11.4 Å². The fraction of sp³-hybridized carbons (Fsp3) is 0.391. The highest BCUT2D eigenvalue weighted by atomic mass is 79.9. The SMILES string of the molecule is COc1ccc(NC(=O)CCS(=O)(=O)c2cc(Br)cc3c2N(C(=O)C2CC2)CC3)c(OC)c1. The lowest BCUT2D eigenvalue weighted by molar-refractivity contribution is -0.119. The monoisotopic (exact) mass is 536 g/mol. The lowest BCUT2D eigenvalue weighted by Gasteiger charge is -2.21. The molecule has 1 aliphatic carbocycles. The third kappa shape index (κ3) is 5.01. The number of nitrogens with zero attached hydrogens (tertiary/aromatic N) is 1. The molecule has 1 fully saturated rings. The molecule has 1 heterocycles. The second-order valence-electron chi connectivity index (χ2n) is 8.11. The summed E-state index contributed by atoms with van der Waals surface area (Å²) in [6.07, 6.45) is 2.05. The fourth-order valence-corrected chi connectivity index (χ4v) is 6.10. The molecule has 2 amide bonds. The molecule has 176 valence electrons. The zero-order valence-electron chi connectivity index (χ0n) is 18.4. The second-order valence-corrected chi connectivity index (χ2v) is 11.1. The summed E-state index contributed by atoms with van der Waals surface area (Å²) in [7, 11) is -0.836. The maximum Gasteiger partial charge on any atom is 0.230 e. The Kier molecular flexibility index (Phi) is 6.67. The highest BCUT2D eigenvalue weighted by Crippen LogP contribution is 2.41. The first-order valence-corrected chi connectivity index (χ1v) is 13.1. The van der Waals surface area contributed by atoms with Gasteiger partial charge in [0.05, 0.1) is 36.2 Å². The van der Waals surface area contributed by atoms with Crippen LogP contribution in [0.25, 0.3) is 0 Å². The minimum Gasteiger partial charge on any atom is -0.497 e. The summed E-state index contributed by atoms with van der Waals surface area (Å²) in [5.41, 5.74) is 1.71. The van der Waals surface area contributed by atoms with Crippen LogP contribution in [0.15, 0.2) is 39.7 Å². The van der Waals surface area contributed by atoms with E-state index in [0.29, 0.717) is 40.3 Å². The third-order valence-corrected chi connectivity index (χ3v) is 7.98. The van der Waals surface area contributed by atoms with Crippen LogP contribution in [0, 0.1) is 5.92 Å². The van der Waals surface area contributed by atoms with Crippen molar-refractivity contribution >= 4 is 49.0 Å². The van der Waals surface area contributed by atoms with Crippen molar-refractivity contribution in [1.82, 2.24) is 0 Å². The Balaban J connectivity index is 1.52. The largest absolute Gasteiger partial charge is 0.497 e. The number of ether oxygens (including phenoxy) is 2. The number of hydrogen-bond acceptors (Lipinski definition) is 6. The Morgan fingerprint density at radius 2 is 1.91 bits per heavy atom. The molecule has 2 aliphatic rings. The maximum absolute atomic E-state index is 13.3. The van der Waals surface area contributed by atoms with Gasteiger partial charge in [-0.05, 0) is 49.1 Å². The molecule has 0 unspecified atom stereocenters. The summed E-state index contributed by atoms with van der Waals surface area (Å²) >= 11 is 3.39. The van der Waals surface area contributed by atoms with Crippen molar-refractivity contribution < 1.29 is 27.5 Å². The van der Waals surface area contributed by atoms with Crippen molar-refractivity contribution in [1.29, 1.82) is 0 Å². The molecule has 2 aromatic rings. The van der Waals surface area contributed by atoms with E-state index in [-0.39, 0.29) is 28.9 Å². The van der Waals surface area contributed by atoms with Gasteiger partial charge < -0.3 is 19.7 Å². The predicted molar refractivity (Wildman–Crippen MR) is 128 cm³/mol. The lowest BCUT2D eigenvalue weighted by atomic mass is 10.2. The van der Waals surface area contributed by atoms with Gasteiger partial charge in [-0.2, -0.15) is 0 Å². The van der Waals surface area contributed by atoms with Crippen molar-refractivity contribution in [3.8, 4) is 11.5 Å². The van der Waals surface area contributed by atoms with Crippen LogP contribution in [-0.4, -0.2) is 46.7 Å². The van der Waals surface area contributed by atoms with E-state index < -0.39 is 15.7 Å². The summed E-state index contributed by atoms with van der Waals surface area (Å²) in [5, 5.41) is 2.69. The Labute approximate surface area is 201 Å². The predicted octanol–water partition coefficient (Wildman–Crippen LogP) is 3.57. The summed E-state index contributed by atoms with van der Waals surface area (Å²) in [6, 6.07) is 8.31. The summed E-state index contributed by atoms with van der Waals surface area (Å²) in [6.45, 7) is 0.474. The van der Waals surface area contributed by atoms with Gasteiger partial charge in [0.2, 0.25) is 11.8 Å². The number of carbonyl (C=O) groups is 2. The second kappa shape index (κ2) is 9.34. The quantitative estimate of drug-likeness (QED) is 0.553. The van der Waals surface area contributed by atoms with Gasteiger partial charge in [0.15, 0.2) is 9.84 Å². The molecule has 4 rings (SSSR count). The van der Waals surface area contributed by atoms with E-state index in [1.807, 2.05) is 6.07 Å². The average molecular weight is 537 g/mol. The first-order chi connectivity index (χ1) is 15.7. The summed E-state index contributed by atoms with van der Waals surface area (Å²) < 4.78 is 37.6. The molecule has 1 N–H and O–H groups in total. The number of methoxy groups -OCH3 is 2. The smallest absolute Gasteiger partial charge is 0.230 e. The van der Waals surface area contributed by atoms with E-state index in [1.165, 1.54) is 20.3 Å².